The van der Waals surface area contributed by atoms with Gasteiger partial charge in [-0.15, -0.1) is 0 Å². The molecule has 2 unspecified atom stereocenters. The predicted octanol–water partition coefficient (Wildman–Crippen LogP) is 1.14. The van der Waals surface area contributed by atoms with Crippen molar-refractivity contribution in [2.45, 2.75) is 38.6 Å². The summed E-state index contributed by atoms with van der Waals surface area (Å²) in [5, 5.41) is 0. The van der Waals surface area contributed by atoms with Crippen LogP contribution in [0.25, 0.3) is 0 Å². The maximum atomic E-state index is 5.79. The summed E-state index contributed by atoms with van der Waals surface area (Å²) in [4.78, 5) is 5.26. The van der Waals surface area contributed by atoms with Crippen LogP contribution in [0.4, 0.5) is 0 Å². The van der Waals surface area contributed by atoms with Gasteiger partial charge in [0.25, 0.3) is 0 Å². The molecule has 0 aliphatic carbocycles. The van der Waals surface area contributed by atoms with Crippen LogP contribution >= 0.6 is 0 Å². The Morgan fingerprint density at radius 2 is 1.88 bits per heavy atom. The van der Waals surface area contributed by atoms with Gasteiger partial charge in [0, 0.05) is 25.7 Å². The first-order valence-electron chi connectivity index (χ1n) is 6.96. The highest BCUT2D eigenvalue weighted by atomic mass is 15.2. The number of nitrogens with two attached hydrogens (primary N) is 1. The lowest BCUT2D eigenvalue weighted by Crippen LogP contribution is -2.46. The minimum atomic E-state index is 0.745. The molecule has 2 aliphatic rings. The van der Waals surface area contributed by atoms with Gasteiger partial charge in [0.05, 0.1) is 0 Å². The Labute approximate surface area is 100.0 Å². The first kappa shape index (κ1) is 12.3. The smallest absolute Gasteiger partial charge is 0.0112 e. The molecule has 94 valence electrons. The van der Waals surface area contributed by atoms with Crippen LogP contribution < -0.4 is 5.73 Å². The molecule has 0 saturated carbocycles. The maximum absolute atomic E-state index is 5.79. The maximum Gasteiger partial charge on any atom is 0.0112 e. The fourth-order valence-electron chi connectivity index (χ4n) is 3.04. The Kier molecular flexibility index (Phi) is 4.62. The second-order valence-electron chi connectivity index (χ2n) is 5.57. The molecule has 2 rings (SSSR count). The van der Waals surface area contributed by atoms with Gasteiger partial charge in [-0.25, -0.2) is 0 Å². The summed E-state index contributed by atoms with van der Waals surface area (Å²) in [6, 6.07) is 0.769. The number of nitrogens with zero attached hydrogens (tertiary/aromatic N) is 2. The molecule has 0 amide bonds. The Hall–Kier alpha value is -0.120. The van der Waals surface area contributed by atoms with Crippen LogP contribution in [0.2, 0.25) is 0 Å². The summed E-state index contributed by atoms with van der Waals surface area (Å²) < 4.78 is 0. The summed E-state index contributed by atoms with van der Waals surface area (Å²) in [6.45, 7) is 9.62. The quantitative estimate of drug-likeness (QED) is 0.779. The largest absolute Gasteiger partial charge is 0.330 e. The third-order valence-corrected chi connectivity index (χ3v) is 4.34. The Morgan fingerprint density at radius 1 is 1.12 bits per heavy atom. The number of hydrogen-bond acceptors (Lipinski definition) is 3. The third kappa shape index (κ3) is 3.19. The van der Waals surface area contributed by atoms with Crippen molar-refractivity contribution in [3.05, 3.63) is 0 Å². The summed E-state index contributed by atoms with van der Waals surface area (Å²) in [6.07, 6.45) is 5.47. The third-order valence-electron chi connectivity index (χ3n) is 4.34. The molecule has 0 aromatic carbocycles. The minimum absolute atomic E-state index is 0.745. The van der Waals surface area contributed by atoms with Gasteiger partial charge in [0.1, 0.15) is 0 Å². The van der Waals surface area contributed by atoms with Gasteiger partial charge in [-0.05, 0) is 58.2 Å². The summed E-state index contributed by atoms with van der Waals surface area (Å²) in [5.41, 5.74) is 5.79. The van der Waals surface area contributed by atoms with Gasteiger partial charge < -0.3 is 10.6 Å². The summed E-state index contributed by atoms with van der Waals surface area (Å²) in [7, 11) is 0. The van der Waals surface area contributed by atoms with Crippen LogP contribution in [0.5, 0.6) is 0 Å². The highest BCUT2D eigenvalue weighted by Gasteiger charge is 2.24. The lowest BCUT2D eigenvalue weighted by molar-refractivity contribution is 0.108. The molecule has 0 spiro atoms. The number of piperidine rings is 1. The van der Waals surface area contributed by atoms with E-state index in [1.807, 2.05) is 0 Å². The zero-order valence-corrected chi connectivity index (χ0v) is 10.7. The molecule has 3 nitrogen and oxygen atoms in total. The van der Waals surface area contributed by atoms with Gasteiger partial charge in [-0.1, -0.05) is 0 Å². The van der Waals surface area contributed by atoms with Crippen molar-refractivity contribution in [3.8, 4) is 0 Å². The van der Waals surface area contributed by atoms with Crippen molar-refractivity contribution in [3.63, 3.8) is 0 Å². The average molecular weight is 225 g/mol. The molecule has 2 fully saturated rings. The highest BCUT2D eigenvalue weighted by molar-refractivity contribution is 4.80. The van der Waals surface area contributed by atoms with Crippen LogP contribution in [0, 0.1) is 5.92 Å². The highest BCUT2D eigenvalue weighted by Crippen LogP contribution is 2.21. The molecule has 2 saturated heterocycles. The van der Waals surface area contributed by atoms with Crippen molar-refractivity contribution in [2.75, 3.05) is 39.3 Å². The predicted molar refractivity (Wildman–Crippen MR) is 68.5 cm³/mol. The van der Waals surface area contributed by atoms with Gasteiger partial charge >= 0.3 is 0 Å². The molecule has 16 heavy (non-hydrogen) atoms. The molecule has 2 aliphatic heterocycles. The van der Waals surface area contributed by atoms with E-state index in [2.05, 4.69) is 16.7 Å². The van der Waals surface area contributed by atoms with Crippen molar-refractivity contribution in [1.82, 2.24) is 9.80 Å². The Morgan fingerprint density at radius 3 is 2.56 bits per heavy atom. The zero-order chi connectivity index (χ0) is 11.4. The van der Waals surface area contributed by atoms with E-state index in [1.165, 1.54) is 58.4 Å². The molecule has 0 aromatic rings. The van der Waals surface area contributed by atoms with Crippen molar-refractivity contribution in [2.24, 2.45) is 11.7 Å². The van der Waals surface area contributed by atoms with E-state index in [-0.39, 0.29) is 0 Å². The number of hydrogen-bond donors (Lipinski definition) is 1. The van der Waals surface area contributed by atoms with E-state index in [0.29, 0.717) is 0 Å². The van der Waals surface area contributed by atoms with Crippen LogP contribution in [0.3, 0.4) is 0 Å². The molecular weight excluding hydrogens is 198 g/mol. The van der Waals surface area contributed by atoms with Crippen LogP contribution in [0.15, 0.2) is 0 Å². The van der Waals surface area contributed by atoms with E-state index in [0.717, 1.165) is 18.5 Å². The molecule has 2 atom stereocenters. The summed E-state index contributed by atoms with van der Waals surface area (Å²) in [5.74, 6) is 0.745. The second-order valence-corrected chi connectivity index (χ2v) is 5.57. The van der Waals surface area contributed by atoms with Crippen molar-refractivity contribution in [1.29, 1.82) is 0 Å². The standard InChI is InChI=1S/C13H27N3/c1-12-4-5-13(10-14)11-16(12)9-8-15-6-2-3-7-15/h12-13H,2-11,14H2,1H3. The number of rotatable bonds is 4. The molecule has 0 radical (unpaired) electrons. The van der Waals surface area contributed by atoms with Gasteiger partial charge in [0.2, 0.25) is 0 Å². The molecule has 0 bridgehead atoms. The lowest BCUT2D eigenvalue weighted by Gasteiger charge is -2.38. The van der Waals surface area contributed by atoms with E-state index in [9.17, 15) is 0 Å². The second kappa shape index (κ2) is 5.99. The molecule has 3 heteroatoms. The molecule has 2 heterocycles. The molecule has 2 N–H and O–H groups in total. The van der Waals surface area contributed by atoms with E-state index < -0.39 is 0 Å². The van der Waals surface area contributed by atoms with Crippen LogP contribution in [0.1, 0.15) is 32.6 Å². The summed E-state index contributed by atoms with van der Waals surface area (Å²) >= 11 is 0. The Bertz CT molecular complexity index is 201. The van der Waals surface area contributed by atoms with Crippen molar-refractivity contribution >= 4 is 0 Å². The fourth-order valence-corrected chi connectivity index (χ4v) is 3.04. The fraction of sp³-hybridized carbons (Fsp3) is 1.00. The van der Waals surface area contributed by atoms with Gasteiger partial charge in [-0.2, -0.15) is 0 Å². The van der Waals surface area contributed by atoms with Crippen LogP contribution in [-0.2, 0) is 0 Å². The van der Waals surface area contributed by atoms with Gasteiger partial charge in [-0.3, -0.25) is 4.90 Å². The topological polar surface area (TPSA) is 32.5 Å². The first-order valence-corrected chi connectivity index (χ1v) is 6.96. The monoisotopic (exact) mass is 225 g/mol. The van der Waals surface area contributed by atoms with E-state index in [1.54, 1.807) is 0 Å². The number of likely N-dealkylation sites (tertiary alicyclic amines) is 2. The Balaban J connectivity index is 1.73. The average Bonchev–Trinajstić information content (AvgIpc) is 2.81. The van der Waals surface area contributed by atoms with E-state index >= 15 is 0 Å². The molecule has 0 aromatic heterocycles. The van der Waals surface area contributed by atoms with Gasteiger partial charge in [0.15, 0.2) is 0 Å². The first-order chi connectivity index (χ1) is 7.79. The normalized spacial score (nSPS) is 33.4. The molecular formula is C13H27N3. The van der Waals surface area contributed by atoms with Crippen molar-refractivity contribution < 1.29 is 0 Å². The van der Waals surface area contributed by atoms with E-state index in [4.69, 9.17) is 5.73 Å². The SMILES string of the molecule is CC1CCC(CN)CN1CCN1CCCC1. The van der Waals surface area contributed by atoms with Crippen LogP contribution in [-0.4, -0.2) is 55.1 Å². The minimum Gasteiger partial charge on any atom is -0.330 e. The lowest BCUT2D eigenvalue weighted by atomic mass is 9.93. The zero-order valence-electron chi connectivity index (χ0n) is 10.7.